The summed E-state index contributed by atoms with van der Waals surface area (Å²) in [6, 6.07) is 2.22. The summed E-state index contributed by atoms with van der Waals surface area (Å²) in [5.41, 5.74) is 4.69. The van der Waals surface area contributed by atoms with Gasteiger partial charge in [0.25, 0.3) is 0 Å². The van der Waals surface area contributed by atoms with Gasteiger partial charge >= 0.3 is 0 Å². The van der Waals surface area contributed by atoms with Gasteiger partial charge in [0.1, 0.15) is 5.75 Å². The summed E-state index contributed by atoms with van der Waals surface area (Å²) in [4.78, 5) is 0. The maximum Gasteiger partial charge on any atom is 0.211 e. The lowest BCUT2D eigenvalue weighted by Gasteiger charge is -2.36. The molecule has 0 saturated carbocycles. The van der Waals surface area contributed by atoms with Crippen molar-refractivity contribution in [3.05, 3.63) is 78.9 Å². The molecular formula is C21H26O2. The molecule has 1 aliphatic rings. The Morgan fingerprint density at radius 2 is 1.65 bits per heavy atom. The van der Waals surface area contributed by atoms with Gasteiger partial charge in [-0.2, -0.15) is 0 Å². The van der Waals surface area contributed by atoms with Gasteiger partial charge < -0.3 is 9.84 Å². The SMILES string of the molecule is C=CCc1cc(CC=C)c2c(c1CC=C)OC(O)(CC=C)CC2. The Morgan fingerprint density at radius 1 is 1.00 bits per heavy atom. The van der Waals surface area contributed by atoms with Crippen LogP contribution in [0.5, 0.6) is 5.75 Å². The topological polar surface area (TPSA) is 29.5 Å². The Hall–Kier alpha value is -2.06. The molecule has 1 unspecified atom stereocenters. The van der Waals surface area contributed by atoms with E-state index in [2.05, 4.69) is 32.4 Å². The summed E-state index contributed by atoms with van der Waals surface area (Å²) in [6.07, 6.45) is 11.4. The Balaban J connectivity index is 2.61. The fourth-order valence-electron chi connectivity index (χ4n) is 3.23. The zero-order chi connectivity index (χ0) is 16.9. The molecule has 1 aliphatic heterocycles. The molecule has 0 bridgehead atoms. The summed E-state index contributed by atoms with van der Waals surface area (Å²) in [5.74, 6) is -0.347. The van der Waals surface area contributed by atoms with Gasteiger partial charge in [0.05, 0.1) is 0 Å². The minimum atomic E-state index is -1.16. The van der Waals surface area contributed by atoms with E-state index in [0.717, 1.165) is 30.6 Å². The Morgan fingerprint density at radius 3 is 2.26 bits per heavy atom. The van der Waals surface area contributed by atoms with Crippen molar-refractivity contribution >= 4 is 0 Å². The molecule has 0 saturated heterocycles. The fraction of sp³-hybridized carbons (Fsp3) is 0.333. The van der Waals surface area contributed by atoms with Crippen LogP contribution < -0.4 is 4.74 Å². The van der Waals surface area contributed by atoms with Crippen LogP contribution in [0.4, 0.5) is 0 Å². The van der Waals surface area contributed by atoms with Crippen LogP contribution in [-0.4, -0.2) is 10.9 Å². The lowest BCUT2D eigenvalue weighted by atomic mass is 9.86. The molecule has 0 aliphatic carbocycles. The summed E-state index contributed by atoms with van der Waals surface area (Å²) in [5, 5.41) is 10.7. The predicted octanol–water partition coefficient (Wildman–Crippen LogP) is 4.46. The van der Waals surface area contributed by atoms with Gasteiger partial charge in [-0.05, 0) is 42.4 Å². The summed E-state index contributed by atoms with van der Waals surface area (Å²) in [6.45, 7) is 15.3. The lowest BCUT2D eigenvalue weighted by molar-refractivity contribution is -0.147. The molecule has 1 aromatic carbocycles. The van der Waals surface area contributed by atoms with E-state index < -0.39 is 5.79 Å². The molecule has 122 valence electrons. The Kier molecular flexibility index (Phi) is 5.62. The summed E-state index contributed by atoms with van der Waals surface area (Å²) < 4.78 is 6.09. The van der Waals surface area contributed by atoms with Crippen molar-refractivity contribution in [3.8, 4) is 5.75 Å². The van der Waals surface area contributed by atoms with Gasteiger partial charge in [-0.15, -0.1) is 26.3 Å². The van der Waals surface area contributed by atoms with Gasteiger partial charge in [-0.25, -0.2) is 0 Å². The standard InChI is InChI=1S/C21H26O2/c1-5-9-16-15-17(10-6-2)19-12-14-21(22,13-8-4)23-20(19)18(16)11-7-3/h5-8,15,22H,1-4,9-14H2. The zero-order valence-electron chi connectivity index (χ0n) is 13.8. The number of fused-ring (bicyclic) bond motifs is 1. The molecule has 23 heavy (non-hydrogen) atoms. The second kappa shape index (κ2) is 7.47. The van der Waals surface area contributed by atoms with Crippen LogP contribution in [0.25, 0.3) is 0 Å². The molecule has 2 nitrogen and oxygen atoms in total. The minimum absolute atomic E-state index is 0.419. The van der Waals surface area contributed by atoms with Crippen LogP contribution in [0.1, 0.15) is 35.1 Å². The molecular weight excluding hydrogens is 284 g/mol. The number of aliphatic hydroxyl groups is 1. The molecule has 0 amide bonds. The molecule has 0 fully saturated rings. The van der Waals surface area contributed by atoms with Crippen molar-refractivity contribution in [3.63, 3.8) is 0 Å². The third kappa shape index (κ3) is 3.65. The highest BCUT2D eigenvalue weighted by atomic mass is 16.6. The second-order valence-corrected chi connectivity index (χ2v) is 6.00. The number of benzene rings is 1. The largest absolute Gasteiger partial charge is 0.462 e. The normalized spacial score (nSPS) is 19.3. The van der Waals surface area contributed by atoms with Crippen molar-refractivity contribution in [2.45, 2.75) is 44.3 Å². The minimum Gasteiger partial charge on any atom is -0.462 e. The van der Waals surface area contributed by atoms with Crippen molar-refractivity contribution in [2.24, 2.45) is 0 Å². The average molecular weight is 310 g/mol. The van der Waals surface area contributed by atoms with Crippen molar-refractivity contribution in [1.82, 2.24) is 0 Å². The van der Waals surface area contributed by atoms with Crippen LogP contribution in [0, 0.1) is 0 Å². The highest BCUT2D eigenvalue weighted by Gasteiger charge is 2.35. The van der Waals surface area contributed by atoms with E-state index in [4.69, 9.17) is 4.74 Å². The van der Waals surface area contributed by atoms with Gasteiger partial charge in [-0.3, -0.25) is 0 Å². The van der Waals surface area contributed by atoms with Gasteiger partial charge in [0.15, 0.2) is 0 Å². The first-order valence-electron chi connectivity index (χ1n) is 8.10. The van der Waals surface area contributed by atoms with Gasteiger partial charge in [-0.1, -0.05) is 30.4 Å². The van der Waals surface area contributed by atoms with Gasteiger partial charge in [0.2, 0.25) is 5.79 Å². The van der Waals surface area contributed by atoms with Crippen LogP contribution in [-0.2, 0) is 25.7 Å². The summed E-state index contributed by atoms with van der Waals surface area (Å²) in [7, 11) is 0. The molecule has 1 heterocycles. The monoisotopic (exact) mass is 310 g/mol. The average Bonchev–Trinajstić information content (AvgIpc) is 2.51. The molecule has 2 heteroatoms. The molecule has 2 rings (SSSR count). The van der Waals surface area contributed by atoms with Crippen molar-refractivity contribution in [1.29, 1.82) is 0 Å². The molecule has 0 radical (unpaired) electrons. The zero-order valence-corrected chi connectivity index (χ0v) is 13.8. The van der Waals surface area contributed by atoms with E-state index >= 15 is 0 Å². The highest BCUT2D eigenvalue weighted by Crippen LogP contribution is 2.41. The summed E-state index contributed by atoms with van der Waals surface area (Å²) >= 11 is 0. The third-order valence-electron chi connectivity index (χ3n) is 4.27. The van der Waals surface area contributed by atoms with Crippen molar-refractivity contribution < 1.29 is 9.84 Å². The quantitative estimate of drug-likeness (QED) is 0.718. The van der Waals surface area contributed by atoms with Crippen molar-refractivity contribution in [2.75, 3.05) is 0 Å². The third-order valence-corrected chi connectivity index (χ3v) is 4.27. The molecule has 1 aromatic rings. The Labute approximate surface area is 139 Å². The molecule has 1 N–H and O–H groups in total. The maximum absolute atomic E-state index is 10.7. The molecule has 1 atom stereocenters. The Bertz CT molecular complexity index is 627. The van der Waals surface area contributed by atoms with Crippen LogP contribution in [0.15, 0.2) is 56.7 Å². The van der Waals surface area contributed by atoms with Crippen LogP contribution in [0.3, 0.4) is 0 Å². The maximum atomic E-state index is 10.7. The number of hydrogen-bond acceptors (Lipinski definition) is 2. The molecule has 0 spiro atoms. The first-order chi connectivity index (χ1) is 11.1. The van der Waals surface area contributed by atoms with Crippen LogP contribution >= 0.6 is 0 Å². The van der Waals surface area contributed by atoms with E-state index in [1.165, 1.54) is 16.7 Å². The van der Waals surface area contributed by atoms with E-state index in [9.17, 15) is 5.11 Å². The van der Waals surface area contributed by atoms with Gasteiger partial charge in [0, 0.05) is 18.4 Å². The molecule has 0 aromatic heterocycles. The van der Waals surface area contributed by atoms with E-state index in [-0.39, 0.29) is 0 Å². The number of rotatable bonds is 8. The number of hydrogen-bond donors (Lipinski definition) is 1. The fourth-order valence-corrected chi connectivity index (χ4v) is 3.23. The van der Waals surface area contributed by atoms with E-state index in [1.807, 2.05) is 18.2 Å². The first-order valence-corrected chi connectivity index (χ1v) is 8.10. The number of ether oxygens (including phenoxy) is 1. The predicted molar refractivity (Wildman–Crippen MR) is 96.9 cm³/mol. The highest BCUT2D eigenvalue weighted by molar-refractivity contribution is 5.54. The first kappa shape index (κ1) is 17.3. The lowest BCUT2D eigenvalue weighted by Crippen LogP contribution is -2.39. The number of allylic oxidation sites excluding steroid dienone is 3. The van der Waals surface area contributed by atoms with E-state index in [1.54, 1.807) is 6.08 Å². The smallest absolute Gasteiger partial charge is 0.211 e. The van der Waals surface area contributed by atoms with Crippen LogP contribution in [0.2, 0.25) is 0 Å². The second-order valence-electron chi connectivity index (χ2n) is 6.00. The van der Waals surface area contributed by atoms with E-state index in [0.29, 0.717) is 19.3 Å².